The summed E-state index contributed by atoms with van der Waals surface area (Å²) in [5, 5.41) is 3.28. The van der Waals surface area contributed by atoms with E-state index in [9.17, 15) is 4.79 Å². The Labute approximate surface area is 149 Å². The van der Waals surface area contributed by atoms with Gasteiger partial charge in [-0.05, 0) is 46.7 Å². The summed E-state index contributed by atoms with van der Waals surface area (Å²) >= 11 is 1.71. The average Bonchev–Trinajstić information content (AvgIpc) is 3.00. The smallest absolute Gasteiger partial charge is 0.225 e. The third kappa shape index (κ3) is 4.35. The van der Waals surface area contributed by atoms with Crippen molar-refractivity contribution in [2.45, 2.75) is 46.2 Å². The highest BCUT2D eigenvalue weighted by atomic mass is 32.1. The number of hydrogen-bond acceptors (Lipinski definition) is 5. The fourth-order valence-electron chi connectivity index (χ4n) is 3.76. The molecule has 1 aromatic heterocycles. The van der Waals surface area contributed by atoms with Crippen LogP contribution >= 0.6 is 11.3 Å². The van der Waals surface area contributed by atoms with Gasteiger partial charge in [0.05, 0.1) is 10.7 Å². The lowest BCUT2D eigenvalue weighted by atomic mass is 9.94. The summed E-state index contributed by atoms with van der Waals surface area (Å²) in [5.41, 5.74) is 1.17. The third-order valence-corrected chi connectivity index (χ3v) is 6.17. The topological polar surface area (TPSA) is 39.7 Å². The van der Waals surface area contributed by atoms with E-state index >= 15 is 0 Å². The number of thiazole rings is 1. The second-order valence-electron chi connectivity index (χ2n) is 7.36. The zero-order chi connectivity index (χ0) is 17.1. The molecule has 2 saturated heterocycles. The van der Waals surface area contributed by atoms with Gasteiger partial charge in [0.2, 0.25) is 5.91 Å². The van der Waals surface area contributed by atoms with Gasteiger partial charge in [-0.25, -0.2) is 4.98 Å². The Balaban J connectivity index is 1.44. The number of piperazine rings is 1. The van der Waals surface area contributed by atoms with E-state index in [0.29, 0.717) is 11.9 Å². The number of carbonyl (C=O) groups excluding carboxylic acids is 1. The zero-order valence-corrected chi connectivity index (χ0v) is 16.0. The molecule has 6 heteroatoms. The molecule has 2 aliphatic heterocycles. The van der Waals surface area contributed by atoms with E-state index < -0.39 is 0 Å². The first-order valence-electron chi connectivity index (χ1n) is 9.19. The van der Waals surface area contributed by atoms with Crippen LogP contribution in [0.1, 0.15) is 37.4 Å². The molecule has 0 N–H and O–H groups in total. The summed E-state index contributed by atoms with van der Waals surface area (Å²) in [6.45, 7) is 13.2. The molecule has 0 spiro atoms. The molecule has 134 valence electrons. The van der Waals surface area contributed by atoms with Gasteiger partial charge in [0, 0.05) is 50.1 Å². The summed E-state index contributed by atoms with van der Waals surface area (Å²) < 4.78 is 0. The van der Waals surface area contributed by atoms with Crippen molar-refractivity contribution >= 4 is 17.2 Å². The zero-order valence-electron chi connectivity index (χ0n) is 15.2. The molecule has 1 amide bonds. The molecule has 0 saturated carbocycles. The Kier molecular flexibility index (Phi) is 5.89. The molecule has 0 aliphatic carbocycles. The third-order valence-electron chi connectivity index (χ3n) is 5.35. The van der Waals surface area contributed by atoms with E-state index in [1.807, 2.05) is 0 Å². The van der Waals surface area contributed by atoms with Crippen LogP contribution < -0.4 is 0 Å². The lowest BCUT2D eigenvalue weighted by Gasteiger charge is -2.39. The van der Waals surface area contributed by atoms with E-state index in [1.54, 1.807) is 11.3 Å². The van der Waals surface area contributed by atoms with Crippen molar-refractivity contribution in [2.24, 2.45) is 5.92 Å². The van der Waals surface area contributed by atoms with Gasteiger partial charge in [0.1, 0.15) is 0 Å². The van der Waals surface area contributed by atoms with Gasteiger partial charge in [-0.2, -0.15) is 0 Å². The highest BCUT2D eigenvalue weighted by molar-refractivity contribution is 7.09. The van der Waals surface area contributed by atoms with Crippen LogP contribution in [0.15, 0.2) is 5.38 Å². The summed E-state index contributed by atoms with van der Waals surface area (Å²) in [4.78, 5) is 24.3. The standard InChI is InChI=1S/C18H30N4OS/c1-14(2)21-6-4-16(5-7-21)18(23)22-10-8-20(9-11-22)12-17-13-24-15(3)19-17/h13-14,16H,4-12H2,1-3H3. The first kappa shape index (κ1) is 17.8. The number of rotatable bonds is 4. The predicted octanol–water partition coefficient (Wildman–Crippen LogP) is 2.22. The minimum absolute atomic E-state index is 0.243. The molecular weight excluding hydrogens is 320 g/mol. The minimum atomic E-state index is 0.243. The Morgan fingerprint density at radius 2 is 1.88 bits per heavy atom. The number of aryl methyl sites for hydroxylation is 1. The molecule has 5 nitrogen and oxygen atoms in total. The number of likely N-dealkylation sites (tertiary alicyclic amines) is 1. The van der Waals surface area contributed by atoms with E-state index in [2.05, 4.69) is 45.8 Å². The Bertz CT molecular complexity index is 543. The first-order chi connectivity index (χ1) is 11.5. The van der Waals surface area contributed by atoms with Crippen molar-refractivity contribution in [2.75, 3.05) is 39.3 Å². The van der Waals surface area contributed by atoms with Crippen molar-refractivity contribution in [3.05, 3.63) is 16.1 Å². The lowest BCUT2D eigenvalue weighted by Crippen LogP contribution is -2.51. The van der Waals surface area contributed by atoms with E-state index in [4.69, 9.17) is 0 Å². The van der Waals surface area contributed by atoms with Crippen LogP contribution in [0, 0.1) is 12.8 Å². The van der Waals surface area contributed by atoms with E-state index in [-0.39, 0.29) is 5.92 Å². The summed E-state index contributed by atoms with van der Waals surface area (Å²) in [6.07, 6.45) is 2.05. The van der Waals surface area contributed by atoms with Gasteiger partial charge in [-0.3, -0.25) is 9.69 Å². The van der Waals surface area contributed by atoms with Gasteiger partial charge >= 0.3 is 0 Å². The quantitative estimate of drug-likeness (QED) is 0.835. The fraction of sp³-hybridized carbons (Fsp3) is 0.778. The van der Waals surface area contributed by atoms with Gasteiger partial charge < -0.3 is 9.80 Å². The molecule has 24 heavy (non-hydrogen) atoms. The highest BCUT2D eigenvalue weighted by Gasteiger charge is 2.30. The van der Waals surface area contributed by atoms with Crippen molar-refractivity contribution in [3.63, 3.8) is 0 Å². The number of nitrogens with zero attached hydrogens (tertiary/aromatic N) is 4. The number of carbonyl (C=O) groups is 1. The Hall–Kier alpha value is -0.980. The van der Waals surface area contributed by atoms with Crippen molar-refractivity contribution in [1.82, 2.24) is 19.7 Å². The van der Waals surface area contributed by atoms with Gasteiger partial charge in [-0.15, -0.1) is 11.3 Å². The number of amides is 1. The molecule has 2 aliphatic rings. The molecule has 1 aromatic rings. The van der Waals surface area contributed by atoms with Gasteiger partial charge in [-0.1, -0.05) is 0 Å². The van der Waals surface area contributed by atoms with Crippen LogP contribution in [-0.4, -0.2) is 70.9 Å². The van der Waals surface area contributed by atoms with Crippen molar-refractivity contribution < 1.29 is 4.79 Å². The lowest BCUT2D eigenvalue weighted by molar-refractivity contribution is -0.139. The predicted molar refractivity (Wildman–Crippen MR) is 98.1 cm³/mol. The minimum Gasteiger partial charge on any atom is -0.340 e. The normalized spacial score (nSPS) is 21.6. The molecule has 0 aromatic carbocycles. The van der Waals surface area contributed by atoms with Crippen LogP contribution in [-0.2, 0) is 11.3 Å². The summed E-state index contributed by atoms with van der Waals surface area (Å²) in [5.74, 6) is 0.635. The maximum absolute atomic E-state index is 12.8. The Morgan fingerprint density at radius 1 is 1.21 bits per heavy atom. The first-order valence-corrected chi connectivity index (χ1v) is 10.1. The van der Waals surface area contributed by atoms with Crippen LogP contribution in [0.25, 0.3) is 0 Å². The SMILES string of the molecule is Cc1nc(CN2CCN(C(=O)C3CCN(C(C)C)CC3)CC2)cs1. The second-order valence-corrected chi connectivity index (χ2v) is 8.43. The van der Waals surface area contributed by atoms with Crippen molar-refractivity contribution in [1.29, 1.82) is 0 Å². The Morgan fingerprint density at radius 3 is 2.42 bits per heavy atom. The number of piperidine rings is 1. The molecule has 3 rings (SSSR count). The van der Waals surface area contributed by atoms with Crippen LogP contribution in [0.4, 0.5) is 0 Å². The molecule has 0 atom stereocenters. The van der Waals surface area contributed by atoms with Crippen LogP contribution in [0.3, 0.4) is 0 Å². The van der Waals surface area contributed by atoms with Crippen LogP contribution in [0.5, 0.6) is 0 Å². The molecular formula is C18H30N4OS. The largest absolute Gasteiger partial charge is 0.340 e. The second kappa shape index (κ2) is 7.93. The molecule has 3 heterocycles. The summed E-state index contributed by atoms with van der Waals surface area (Å²) in [7, 11) is 0. The monoisotopic (exact) mass is 350 g/mol. The van der Waals surface area contributed by atoms with Gasteiger partial charge in [0.25, 0.3) is 0 Å². The van der Waals surface area contributed by atoms with Crippen molar-refractivity contribution in [3.8, 4) is 0 Å². The number of aromatic nitrogens is 1. The van der Waals surface area contributed by atoms with Gasteiger partial charge in [0.15, 0.2) is 0 Å². The fourth-order valence-corrected chi connectivity index (χ4v) is 4.36. The molecule has 0 radical (unpaired) electrons. The van der Waals surface area contributed by atoms with Crippen LogP contribution in [0.2, 0.25) is 0 Å². The maximum atomic E-state index is 12.8. The van der Waals surface area contributed by atoms with E-state index in [0.717, 1.165) is 63.7 Å². The average molecular weight is 351 g/mol. The number of hydrogen-bond donors (Lipinski definition) is 0. The maximum Gasteiger partial charge on any atom is 0.225 e. The molecule has 0 unspecified atom stereocenters. The molecule has 2 fully saturated rings. The molecule has 0 bridgehead atoms. The summed E-state index contributed by atoms with van der Waals surface area (Å²) in [6, 6.07) is 0.596. The highest BCUT2D eigenvalue weighted by Crippen LogP contribution is 2.22. The van der Waals surface area contributed by atoms with E-state index in [1.165, 1.54) is 5.69 Å².